The van der Waals surface area contributed by atoms with E-state index in [0.717, 1.165) is 31.7 Å². The van der Waals surface area contributed by atoms with Gasteiger partial charge in [0.15, 0.2) is 0 Å². The summed E-state index contributed by atoms with van der Waals surface area (Å²) in [5.74, 6) is 0.440. The van der Waals surface area contributed by atoms with Crippen LogP contribution in [0.2, 0.25) is 0 Å². The smallest absolute Gasteiger partial charge is 0.0638 e. The number of aromatic nitrogens is 2. The highest BCUT2D eigenvalue weighted by Crippen LogP contribution is 2.24. The molecule has 1 fully saturated rings. The lowest BCUT2D eigenvalue weighted by Gasteiger charge is -2.31. The van der Waals surface area contributed by atoms with E-state index in [0.29, 0.717) is 12.5 Å². The largest absolute Gasteiger partial charge is 0.396 e. The molecule has 1 N–H and O–H groups in total. The number of pyridine rings is 1. The molecule has 0 radical (unpaired) electrons. The van der Waals surface area contributed by atoms with Crippen molar-refractivity contribution in [2.75, 3.05) is 19.7 Å². The van der Waals surface area contributed by atoms with Crippen LogP contribution in [0.3, 0.4) is 0 Å². The van der Waals surface area contributed by atoms with Gasteiger partial charge in [-0.1, -0.05) is 0 Å². The minimum Gasteiger partial charge on any atom is -0.396 e. The first-order chi connectivity index (χ1) is 10.7. The fourth-order valence-electron chi connectivity index (χ4n) is 3.56. The highest BCUT2D eigenvalue weighted by Gasteiger charge is 2.21. The van der Waals surface area contributed by atoms with Crippen molar-refractivity contribution in [3.63, 3.8) is 0 Å². The van der Waals surface area contributed by atoms with Gasteiger partial charge in [-0.25, -0.2) is 0 Å². The van der Waals surface area contributed by atoms with Gasteiger partial charge in [-0.3, -0.25) is 9.88 Å². The van der Waals surface area contributed by atoms with E-state index in [4.69, 9.17) is 0 Å². The van der Waals surface area contributed by atoms with Gasteiger partial charge in [-0.15, -0.1) is 0 Å². The zero-order valence-electron chi connectivity index (χ0n) is 13.5. The molecule has 1 aliphatic heterocycles. The quantitative estimate of drug-likeness (QED) is 0.944. The van der Waals surface area contributed by atoms with E-state index in [9.17, 15) is 5.11 Å². The third kappa shape index (κ3) is 3.08. The van der Waals surface area contributed by atoms with Gasteiger partial charge in [0.25, 0.3) is 0 Å². The SMILES string of the molecule is Cc1cc(CN2CCC[C@@H](CO)C2)c(C)n1-c1cccnc1. The molecule has 3 rings (SSSR count). The van der Waals surface area contributed by atoms with Gasteiger partial charge in [0.1, 0.15) is 0 Å². The van der Waals surface area contributed by atoms with Crippen LogP contribution in [0.25, 0.3) is 5.69 Å². The highest BCUT2D eigenvalue weighted by atomic mass is 16.3. The van der Waals surface area contributed by atoms with Gasteiger partial charge in [0, 0.05) is 37.3 Å². The van der Waals surface area contributed by atoms with Crippen LogP contribution in [0.4, 0.5) is 0 Å². The van der Waals surface area contributed by atoms with Crippen LogP contribution >= 0.6 is 0 Å². The number of nitrogens with zero attached hydrogens (tertiary/aromatic N) is 3. The lowest BCUT2D eigenvalue weighted by atomic mass is 9.98. The second-order valence-corrected chi connectivity index (χ2v) is 6.37. The van der Waals surface area contributed by atoms with Crippen molar-refractivity contribution in [3.8, 4) is 5.69 Å². The topological polar surface area (TPSA) is 41.3 Å². The average Bonchev–Trinajstić information content (AvgIpc) is 2.82. The Morgan fingerprint density at radius 3 is 2.95 bits per heavy atom. The maximum atomic E-state index is 9.39. The van der Waals surface area contributed by atoms with Gasteiger partial charge in [0.05, 0.1) is 11.9 Å². The van der Waals surface area contributed by atoms with E-state index in [2.05, 4.69) is 40.4 Å². The van der Waals surface area contributed by atoms with Crippen LogP contribution in [0.1, 0.15) is 29.8 Å². The average molecular weight is 299 g/mol. The predicted octanol–water partition coefficient (Wildman–Crippen LogP) is 2.69. The molecule has 0 bridgehead atoms. The molecule has 4 nitrogen and oxygen atoms in total. The summed E-state index contributed by atoms with van der Waals surface area (Å²) in [5, 5.41) is 9.39. The van der Waals surface area contributed by atoms with Crippen LogP contribution in [0.5, 0.6) is 0 Å². The molecule has 22 heavy (non-hydrogen) atoms. The van der Waals surface area contributed by atoms with Crippen LogP contribution in [-0.2, 0) is 6.54 Å². The van der Waals surface area contributed by atoms with E-state index < -0.39 is 0 Å². The van der Waals surface area contributed by atoms with Crippen LogP contribution in [0, 0.1) is 19.8 Å². The van der Waals surface area contributed by atoms with Crippen molar-refractivity contribution in [2.45, 2.75) is 33.2 Å². The first-order valence-electron chi connectivity index (χ1n) is 8.10. The summed E-state index contributed by atoms with van der Waals surface area (Å²) < 4.78 is 2.27. The van der Waals surface area contributed by atoms with Crippen LogP contribution in [0.15, 0.2) is 30.6 Å². The molecule has 1 aliphatic rings. The van der Waals surface area contributed by atoms with Gasteiger partial charge < -0.3 is 9.67 Å². The van der Waals surface area contributed by atoms with E-state index in [1.54, 1.807) is 6.20 Å². The van der Waals surface area contributed by atoms with Gasteiger partial charge in [-0.2, -0.15) is 0 Å². The number of aliphatic hydroxyl groups excluding tert-OH is 1. The molecule has 0 amide bonds. The molecule has 0 spiro atoms. The molecular formula is C18H25N3O. The molecule has 1 atom stereocenters. The molecule has 0 aromatic carbocycles. The molecule has 0 aliphatic carbocycles. The van der Waals surface area contributed by atoms with E-state index in [1.165, 1.54) is 23.4 Å². The predicted molar refractivity (Wildman–Crippen MR) is 88.1 cm³/mol. The third-order valence-corrected chi connectivity index (χ3v) is 4.70. The molecule has 118 valence electrons. The normalized spacial score (nSPS) is 19.5. The summed E-state index contributed by atoms with van der Waals surface area (Å²) >= 11 is 0. The second kappa shape index (κ2) is 6.63. The molecule has 0 saturated carbocycles. The third-order valence-electron chi connectivity index (χ3n) is 4.70. The summed E-state index contributed by atoms with van der Waals surface area (Å²) in [4.78, 5) is 6.70. The number of aliphatic hydroxyl groups is 1. The van der Waals surface area contributed by atoms with E-state index >= 15 is 0 Å². The molecular weight excluding hydrogens is 274 g/mol. The fraction of sp³-hybridized carbons (Fsp3) is 0.500. The Kier molecular flexibility index (Phi) is 4.60. The highest BCUT2D eigenvalue weighted by molar-refractivity contribution is 5.39. The number of rotatable bonds is 4. The van der Waals surface area contributed by atoms with E-state index in [1.807, 2.05) is 12.3 Å². The Balaban J connectivity index is 1.81. The van der Waals surface area contributed by atoms with Crippen LogP contribution < -0.4 is 0 Å². The fourth-order valence-corrected chi connectivity index (χ4v) is 3.56. The lowest BCUT2D eigenvalue weighted by Crippen LogP contribution is -2.36. The summed E-state index contributed by atoms with van der Waals surface area (Å²) in [6.45, 7) is 7.75. The van der Waals surface area contributed by atoms with Gasteiger partial charge in [0.2, 0.25) is 0 Å². The summed E-state index contributed by atoms with van der Waals surface area (Å²) in [6.07, 6.45) is 6.06. The Morgan fingerprint density at radius 2 is 2.23 bits per heavy atom. The number of hydrogen-bond acceptors (Lipinski definition) is 3. The minimum atomic E-state index is 0.311. The first kappa shape index (κ1) is 15.3. The maximum absolute atomic E-state index is 9.39. The van der Waals surface area contributed by atoms with Crippen molar-refractivity contribution in [2.24, 2.45) is 5.92 Å². The Labute approximate surface area is 132 Å². The molecule has 2 aromatic rings. The first-order valence-corrected chi connectivity index (χ1v) is 8.10. The zero-order chi connectivity index (χ0) is 15.5. The standard InChI is InChI=1S/C18H25N3O/c1-14-9-17(12-20-8-4-5-16(11-20)13-22)15(2)21(14)18-6-3-7-19-10-18/h3,6-7,9-10,16,22H,4-5,8,11-13H2,1-2H3/t16-/m1/s1. The zero-order valence-corrected chi connectivity index (χ0v) is 13.5. The van der Waals surface area contributed by atoms with Crippen LogP contribution in [-0.4, -0.2) is 39.3 Å². The number of likely N-dealkylation sites (tertiary alicyclic amines) is 1. The molecule has 2 aromatic heterocycles. The summed E-state index contributed by atoms with van der Waals surface area (Å²) in [6, 6.07) is 6.36. The summed E-state index contributed by atoms with van der Waals surface area (Å²) in [7, 11) is 0. The van der Waals surface area contributed by atoms with Gasteiger partial charge in [-0.05, 0) is 62.9 Å². The lowest BCUT2D eigenvalue weighted by molar-refractivity contribution is 0.116. The Morgan fingerprint density at radius 1 is 1.36 bits per heavy atom. The van der Waals surface area contributed by atoms with Gasteiger partial charge >= 0.3 is 0 Å². The Hall–Kier alpha value is -1.65. The minimum absolute atomic E-state index is 0.311. The van der Waals surface area contributed by atoms with Crippen molar-refractivity contribution in [1.29, 1.82) is 0 Å². The Bertz CT molecular complexity index is 621. The van der Waals surface area contributed by atoms with E-state index in [-0.39, 0.29) is 0 Å². The van der Waals surface area contributed by atoms with Crippen molar-refractivity contribution >= 4 is 0 Å². The molecule has 3 heterocycles. The number of piperidine rings is 1. The second-order valence-electron chi connectivity index (χ2n) is 6.37. The number of hydrogen-bond donors (Lipinski definition) is 1. The molecule has 4 heteroatoms. The van der Waals surface area contributed by atoms with Crippen molar-refractivity contribution in [1.82, 2.24) is 14.5 Å². The monoisotopic (exact) mass is 299 g/mol. The molecule has 0 unspecified atom stereocenters. The maximum Gasteiger partial charge on any atom is 0.0638 e. The van der Waals surface area contributed by atoms with Crippen molar-refractivity contribution in [3.05, 3.63) is 47.5 Å². The summed E-state index contributed by atoms with van der Waals surface area (Å²) in [5.41, 5.74) is 5.03. The number of aryl methyl sites for hydroxylation is 1. The molecule has 1 saturated heterocycles. The van der Waals surface area contributed by atoms with Crippen molar-refractivity contribution < 1.29 is 5.11 Å².